The quantitative estimate of drug-likeness (QED) is 0.881. The van der Waals surface area contributed by atoms with E-state index in [1.165, 1.54) is 18.2 Å². The summed E-state index contributed by atoms with van der Waals surface area (Å²) in [6.45, 7) is 0.248. The first-order chi connectivity index (χ1) is 11.2. The number of aromatic hydroxyl groups is 1. The van der Waals surface area contributed by atoms with Gasteiger partial charge in [-0.15, -0.1) is 0 Å². The molecule has 2 rings (SSSR count). The van der Waals surface area contributed by atoms with Gasteiger partial charge in [-0.25, -0.2) is 8.42 Å². The first kappa shape index (κ1) is 17.9. The van der Waals surface area contributed by atoms with Crippen molar-refractivity contribution in [2.45, 2.75) is 12.1 Å². The third kappa shape index (κ3) is 4.51. The van der Waals surface area contributed by atoms with E-state index in [2.05, 4.69) is 0 Å². The average molecular weight is 358 g/mol. The summed E-state index contributed by atoms with van der Waals surface area (Å²) < 4.78 is 64.1. The average Bonchev–Trinajstić information content (AvgIpc) is 2.52. The molecule has 2 aromatic carbocycles. The summed E-state index contributed by atoms with van der Waals surface area (Å²) in [4.78, 5) is 0. The van der Waals surface area contributed by atoms with Gasteiger partial charge in [0.15, 0.2) is 0 Å². The molecule has 0 spiro atoms. The predicted molar refractivity (Wildman–Crippen MR) is 82.9 cm³/mol. The third-order valence-corrected chi connectivity index (χ3v) is 4.14. The number of ether oxygens (including phenoxy) is 1. The summed E-state index contributed by atoms with van der Waals surface area (Å²) in [5.74, 6) is -0.0960. The minimum atomic E-state index is -5.39. The normalized spacial score (nSPS) is 12.5. The Morgan fingerprint density at radius 1 is 1.08 bits per heavy atom. The Labute approximate surface area is 136 Å². The molecule has 8 heteroatoms. The molecule has 0 heterocycles. The van der Waals surface area contributed by atoms with Crippen LogP contribution in [0.3, 0.4) is 0 Å². The Morgan fingerprint density at radius 3 is 2.33 bits per heavy atom. The maximum Gasteiger partial charge on any atom is 0.501 e. The van der Waals surface area contributed by atoms with E-state index in [4.69, 9.17) is 4.74 Å². The fraction of sp³-hybridized carbons (Fsp3) is 0.125. The molecule has 0 saturated carbocycles. The monoisotopic (exact) mass is 358 g/mol. The second-order valence-corrected chi connectivity index (χ2v) is 6.61. The SMILES string of the molecule is O=S(=O)(/C=C/c1ccc(OCc2ccccc2)cc1O)C(F)(F)F. The number of sulfone groups is 1. The van der Waals surface area contributed by atoms with E-state index in [0.29, 0.717) is 11.8 Å². The van der Waals surface area contributed by atoms with Crippen molar-refractivity contribution in [3.63, 3.8) is 0 Å². The summed E-state index contributed by atoms with van der Waals surface area (Å²) in [5, 5.41) is 9.79. The molecule has 0 fully saturated rings. The van der Waals surface area contributed by atoms with Gasteiger partial charge in [-0.05, 0) is 23.8 Å². The number of hydrogen-bond acceptors (Lipinski definition) is 4. The van der Waals surface area contributed by atoms with Gasteiger partial charge in [-0.2, -0.15) is 13.2 Å². The maximum absolute atomic E-state index is 12.2. The van der Waals surface area contributed by atoms with Crippen LogP contribution in [0.2, 0.25) is 0 Å². The highest BCUT2D eigenvalue weighted by Gasteiger charge is 2.43. The van der Waals surface area contributed by atoms with Crippen molar-refractivity contribution in [3.8, 4) is 11.5 Å². The number of phenols is 1. The van der Waals surface area contributed by atoms with Crippen LogP contribution in [-0.2, 0) is 16.4 Å². The van der Waals surface area contributed by atoms with Gasteiger partial charge in [-0.3, -0.25) is 0 Å². The number of rotatable bonds is 5. The zero-order valence-electron chi connectivity index (χ0n) is 12.2. The third-order valence-electron chi connectivity index (χ3n) is 3.00. The first-order valence-corrected chi connectivity index (χ1v) is 8.23. The standard InChI is InChI=1S/C16H13F3O4S/c17-16(18,19)24(21,22)9-8-13-6-7-14(10-15(13)20)23-11-12-4-2-1-3-5-12/h1-10,20H,11H2/b9-8+. The molecule has 0 bridgehead atoms. The Morgan fingerprint density at radius 2 is 1.75 bits per heavy atom. The Kier molecular flexibility index (Phi) is 5.18. The van der Waals surface area contributed by atoms with E-state index in [0.717, 1.165) is 5.56 Å². The summed E-state index contributed by atoms with van der Waals surface area (Å²) in [7, 11) is -5.39. The van der Waals surface area contributed by atoms with Gasteiger partial charge in [0.25, 0.3) is 9.84 Å². The lowest BCUT2D eigenvalue weighted by molar-refractivity contribution is -0.0423. The van der Waals surface area contributed by atoms with Gasteiger partial charge in [0, 0.05) is 17.0 Å². The maximum atomic E-state index is 12.2. The summed E-state index contributed by atoms with van der Waals surface area (Å²) in [6.07, 6.45) is 0.680. The molecule has 0 radical (unpaired) electrons. The minimum absolute atomic E-state index is 0.00650. The number of benzene rings is 2. The smallest absolute Gasteiger partial charge is 0.501 e. The van der Waals surface area contributed by atoms with Crippen molar-refractivity contribution in [2.75, 3.05) is 0 Å². The van der Waals surface area contributed by atoms with Crippen molar-refractivity contribution >= 4 is 15.9 Å². The largest absolute Gasteiger partial charge is 0.507 e. The molecule has 24 heavy (non-hydrogen) atoms. The molecule has 0 amide bonds. The molecule has 128 valence electrons. The zero-order valence-corrected chi connectivity index (χ0v) is 13.0. The van der Waals surface area contributed by atoms with Gasteiger partial charge < -0.3 is 9.84 Å². The lowest BCUT2D eigenvalue weighted by Gasteiger charge is -2.08. The molecule has 0 aliphatic carbocycles. The predicted octanol–water partition coefficient (Wildman–Crippen LogP) is 3.88. The van der Waals surface area contributed by atoms with E-state index in [-0.39, 0.29) is 17.6 Å². The Bertz CT molecular complexity index is 828. The number of hydrogen-bond donors (Lipinski definition) is 1. The van der Waals surface area contributed by atoms with Crippen LogP contribution < -0.4 is 4.74 Å². The molecule has 0 unspecified atom stereocenters. The fourth-order valence-corrected chi connectivity index (χ4v) is 2.22. The highest BCUT2D eigenvalue weighted by atomic mass is 32.2. The number of halogens is 3. The van der Waals surface area contributed by atoms with Crippen LogP contribution in [0.15, 0.2) is 53.9 Å². The van der Waals surface area contributed by atoms with Gasteiger partial charge in [0.1, 0.15) is 18.1 Å². The highest BCUT2D eigenvalue weighted by molar-refractivity contribution is 7.95. The summed E-state index contributed by atoms with van der Waals surface area (Å²) in [5.41, 5.74) is -4.55. The molecule has 0 aromatic heterocycles. The van der Waals surface area contributed by atoms with Crippen LogP contribution in [-0.4, -0.2) is 19.0 Å². The van der Waals surface area contributed by atoms with Crippen molar-refractivity contribution < 1.29 is 31.4 Å². The molecular weight excluding hydrogens is 345 g/mol. The van der Waals surface area contributed by atoms with E-state index in [1.54, 1.807) is 0 Å². The van der Waals surface area contributed by atoms with Crippen LogP contribution in [0.5, 0.6) is 11.5 Å². The minimum Gasteiger partial charge on any atom is -0.507 e. The van der Waals surface area contributed by atoms with Crippen LogP contribution in [0.1, 0.15) is 11.1 Å². The summed E-state index contributed by atoms with van der Waals surface area (Å²) in [6, 6.07) is 13.1. The van der Waals surface area contributed by atoms with Crippen LogP contribution in [0.4, 0.5) is 13.2 Å². The highest BCUT2D eigenvalue weighted by Crippen LogP contribution is 2.28. The second kappa shape index (κ2) is 6.96. The number of phenolic OH excluding ortho intramolecular Hbond substituents is 1. The number of alkyl halides is 3. The van der Waals surface area contributed by atoms with Crippen molar-refractivity contribution in [1.82, 2.24) is 0 Å². The van der Waals surface area contributed by atoms with Gasteiger partial charge >= 0.3 is 5.51 Å². The lowest BCUT2D eigenvalue weighted by atomic mass is 10.2. The van der Waals surface area contributed by atoms with Gasteiger partial charge in [-0.1, -0.05) is 30.3 Å². The van der Waals surface area contributed by atoms with Crippen molar-refractivity contribution in [2.24, 2.45) is 0 Å². The fourth-order valence-electron chi connectivity index (χ4n) is 1.74. The molecule has 1 N–H and O–H groups in total. The van der Waals surface area contributed by atoms with Crippen molar-refractivity contribution in [1.29, 1.82) is 0 Å². The van der Waals surface area contributed by atoms with Crippen LogP contribution in [0, 0.1) is 0 Å². The van der Waals surface area contributed by atoms with Crippen LogP contribution in [0.25, 0.3) is 6.08 Å². The van der Waals surface area contributed by atoms with Crippen LogP contribution >= 0.6 is 0 Å². The molecule has 0 aliphatic rings. The lowest BCUT2D eigenvalue weighted by Crippen LogP contribution is -2.20. The second-order valence-electron chi connectivity index (χ2n) is 4.79. The molecule has 0 atom stereocenters. The molecule has 2 aromatic rings. The van der Waals surface area contributed by atoms with Gasteiger partial charge in [0.2, 0.25) is 0 Å². The van der Waals surface area contributed by atoms with E-state index < -0.39 is 21.1 Å². The molecule has 4 nitrogen and oxygen atoms in total. The van der Waals surface area contributed by atoms with Gasteiger partial charge in [0.05, 0.1) is 0 Å². The first-order valence-electron chi connectivity index (χ1n) is 6.68. The zero-order chi connectivity index (χ0) is 17.8. The summed E-state index contributed by atoms with van der Waals surface area (Å²) >= 11 is 0. The Balaban J connectivity index is 2.10. The van der Waals surface area contributed by atoms with E-state index >= 15 is 0 Å². The van der Waals surface area contributed by atoms with Crippen molar-refractivity contribution in [3.05, 3.63) is 65.1 Å². The molecule has 0 saturated heterocycles. The molecular formula is C16H13F3O4S. The Hall–Kier alpha value is -2.48. The topological polar surface area (TPSA) is 63.6 Å². The van der Waals surface area contributed by atoms with E-state index in [1.807, 2.05) is 30.3 Å². The van der Waals surface area contributed by atoms with E-state index in [9.17, 15) is 26.7 Å². The molecule has 0 aliphatic heterocycles.